The van der Waals surface area contributed by atoms with Crippen LogP contribution in [0.5, 0.6) is 0 Å². The molecule has 0 atom stereocenters. The first-order chi connectivity index (χ1) is 19.9. The summed E-state index contributed by atoms with van der Waals surface area (Å²) >= 11 is 0. The molecule has 0 fully saturated rings. The zero-order valence-corrected chi connectivity index (χ0v) is 30.0. The lowest BCUT2D eigenvalue weighted by atomic mass is 10.0. The largest absolute Gasteiger partial charge is 0.392 e. The quantitative estimate of drug-likeness (QED) is 0.142. The first kappa shape index (κ1) is 42.0. The SMILES string of the molecule is CC(C)=CCC/C(C)=C/CC/C(C)=C/CC/C(C)=C/CO.CC/C=C(\C)CC/C=C(\C)CC/C=C(\C)CCC=C(C)C. The number of hydrogen-bond acceptors (Lipinski definition) is 1. The van der Waals surface area contributed by atoms with E-state index >= 15 is 0 Å². The lowest BCUT2D eigenvalue weighted by Gasteiger charge is -2.02. The van der Waals surface area contributed by atoms with Crippen LogP contribution in [0.4, 0.5) is 0 Å². The van der Waals surface area contributed by atoms with Gasteiger partial charge in [-0.2, -0.15) is 0 Å². The van der Waals surface area contributed by atoms with Crippen molar-refractivity contribution >= 4 is 0 Å². The van der Waals surface area contributed by atoms with E-state index in [-0.39, 0.29) is 6.61 Å². The summed E-state index contributed by atoms with van der Waals surface area (Å²) in [5.74, 6) is 0. The molecule has 0 spiro atoms. The molecule has 0 saturated carbocycles. The van der Waals surface area contributed by atoms with Crippen molar-refractivity contribution in [3.8, 4) is 0 Å². The molecule has 0 saturated heterocycles. The van der Waals surface area contributed by atoms with Crippen molar-refractivity contribution in [1.82, 2.24) is 0 Å². The maximum absolute atomic E-state index is 8.80. The van der Waals surface area contributed by atoms with Gasteiger partial charge in [0.25, 0.3) is 0 Å². The maximum atomic E-state index is 8.80. The Bertz CT molecular complexity index is 853. The third kappa shape index (κ3) is 32.4. The van der Waals surface area contributed by atoms with Crippen molar-refractivity contribution in [3.05, 3.63) is 93.2 Å². The van der Waals surface area contributed by atoms with E-state index in [2.05, 4.69) is 119 Å². The average molecular weight is 579 g/mol. The van der Waals surface area contributed by atoms with Crippen LogP contribution in [0.1, 0.15) is 160 Å². The topological polar surface area (TPSA) is 20.2 Å². The van der Waals surface area contributed by atoms with Gasteiger partial charge in [-0.1, -0.05) is 100 Å². The number of rotatable bonds is 20. The predicted molar refractivity (Wildman–Crippen MR) is 194 cm³/mol. The highest BCUT2D eigenvalue weighted by molar-refractivity contribution is 5.08. The van der Waals surface area contributed by atoms with E-state index in [1.165, 1.54) is 89.5 Å². The molecule has 0 radical (unpaired) electrons. The zero-order valence-electron chi connectivity index (χ0n) is 30.0. The van der Waals surface area contributed by atoms with Gasteiger partial charge in [-0.05, 0) is 153 Å². The summed E-state index contributed by atoms with van der Waals surface area (Å²) in [6.07, 6.45) is 33.5. The fourth-order valence-electron chi connectivity index (χ4n) is 4.48. The predicted octanol–water partition coefficient (Wildman–Crippen LogP) is 13.7. The van der Waals surface area contributed by atoms with Crippen LogP contribution in [0.15, 0.2) is 93.2 Å². The van der Waals surface area contributed by atoms with Gasteiger partial charge in [-0.3, -0.25) is 0 Å². The van der Waals surface area contributed by atoms with Crippen LogP contribution < -0.4 is 0 Å². The maximum Gasteiger partial charge on any atom is 0.0614 e. The Labute approximate surface area is 264 Å². The second-order valence-electron chi connectivity index (χ2n) is 12.7. The minimum atomic E-state index is 0.158. The second-order valence-corrected chi connectivity index (χ2v) is 12.7. The van der Waals surface area contributed by atoms with Gasteiger partial charge in [0.1, 0.15) is 0 Å². The Hall–Kier alpha value is -2.12. The third-order valence-corrected chi connectivity index (χ3v) is 7.30. The molecule has 0 aliphatic carbocycles. The summed E-state index contributed by atoms with van der Waals surface area (Å²) < 4.78 is 0. The van der Waals surface area contributed by atoms with Gasteiger partial charge in [-0.15, -0.1) is 0 Å². The molecule has 0 aromatic carbocycles. The van der Waals surface area contributed by atoms with E-state index in [1.54, 1.807) is 0 Å². The summed E-state index contributed by atoms with van der Waals surface area (Å²) in [4.78, 5) is 0. The molecule has 0 heterocycles. The van der Waals surface area contributed by atoms with Crippen molar-refractivity contribution in [2.24, 2.45) is 0 Å². The first-order valence-electron chi connectivity index (χ1n) is 16.7. The fourth-order valence-corrected chi connectivity index (χ4v) is 4.48. The first-order valence-corrected chi connectivity index (χ1v) is 16.7. The fraction of sp³-hybridized carbons (Fsp3) is 0.610. The standard InChI is InChI=1S/C21H36.C20H34O/c1-7-11-19(4)14-9-15-21(6)17-10-16-20(5)13-8-12-18(2)3;1-17(2)9-6-10-18(3)11-7-12-19(4)13-8-14-20(5)15-16-21/h11-12,15-16H,7-10,13-14,17H2,1-6H3;9,11,13,15,21H,6-8,10,12,14,16H2,1-5H3/b19-11+,20-16+,21-15+;18-11+,19-13+,20-15+. The molecule has 42 heavy (non-hydrogen) atoms. The Kier molecular flexibility index (Phi) is 29.0. The molecule has 1 N–H and O–H groups in total. The van der Waals surface area contributed by atoms with Gasteiger partial charge < -0.3 is 5.11 Å². The van der Waals surface area contributed by atoms with Crippen LogP contribution in [0, 0.1) is 0 Å². The molecule has 1 nitrogen and oxygen atoms in total. The molecule has 0 aromatic heterocycles. The lowest BCUT2D eigenvalue weighted by molar-refractivity contribution is 0.341. The molecule has 0 unspecified atom stereocenters. The monoisotopic (exact) mass is 579 g/mol. The van der Waals surface area contributed by atoms with Crippen LogP contribution in [0.3, 0.4) is 0 Å². The van der Waals surface area contributed by atoms with Crippen molar-refractivity contribution in [3.63, 3.8) is 0 Å². The van der Waals surface area contributed by atoms with E-state index in [0.29, 0.717) is 0 Å². The third-order valence-electron chi connectivity index (χ3n) is 7.30. The summed E-state index contributed by atoms with van der Waals surface area (Å²) in [5, 5.41) is 8.80. The molecular formula is C41H70O. The highest BCUT2D eigenvalue weighted by Gasteiger charge is 1.95. The van der Waals surface area contributed by atoms with Crippen LogP contribution in [0.2, 0.25) is 0 Å². The second kappa shape index (κ2) is 29.0. The van der Waals surface area contributed by atoms with Crippen LogP contribution in [-0.4, -0.2) is 11.7 Å². The summed E-state index contributed by atoms with van der Waals surface area (Å²) in [6.45, 7) is 24.3. The number of allylic oxidation sites excluding steroid dienone is 15. The summed E-state index contributed by atoms with van der Waals surface area (Å²) in [6, 6.07) is 0. The van der Waals surface area contributed by atoms with Gasteiger partial charge in [0.15, 0.2) is 0 Å². The number of hydrogen-bond donors (Lipinski definition) is 1. The molecular weight excluding hydrogens is 508 g/mol. The molecule has 1 heteroatoms. The molecule has 0 aliphatic rings. The average Bonchev–Trinajstić information content (AvgIpc) is 2.89. The normalized spacial score (nSPS) is 13.5. The van der Waals surface area contributed by atoms with E-state index in [4.69, 9.17) is 5.11 Å². The number of aliphatic hydroxyl groups excluding tert-OH is 1. The minimum Gasteiger partial charge on any atom is -0.392 e. The van der Waals surface area contributed by atoms with Gasteiger partial charge in [-0.25, -0.2) is 0 Å². The van der Waals surface area contributed by atoms with Gasteiger partial charge in [0.05, 0.1) is 6.61 Å². The van der Waals surface area contributed by atoms with Crippen molar-refractivity contribution in [2.75, 3.05) is 6.61 Å². The zero-order chi connectivity index (χ0) is 32.2. The Morgan fingerprint density at radius 2 is 0.595 bits per heavy atom. The van der Waals surface area contributed by atoms with E-state index in [0.717, 1.165) is 38.5 Å². The van der Waals surface area contributed by atoms with E-state index in [1.807, 2.05) is 6.08 Å². The highest BCUT2D eigenvalue weighted by atomic mass is 16.2. The molecule has 0 aromatic rings. The van der Waals surface area contributed by atoms with Crippen molar-refractivity contribution < 1.29 is 5.11 Å². The molecule has 0 rings (SSSR count). The van der Waals surface area contributed by atoms with Crippen LogP contribution >= 0.6 is 0 Å². The molecule has 0 amide bonds. The molecule has 0 bridgehead atoms. The Balaban J connectivity index is 0. The van der Waals surface area contributed by atoms with Gasteiger partial charge in [0, 0.05) is 0 Å². The van der Waals surface area contributed by atoms with Crippen LogP contribution in [-0.2, 0) is 0 Å². The smallest absolute Gasteiger partial charge is 0.0614 e. The highest BCUT2D eigenvalue weighted by Crippen LogP contribution is 2.15. The number of aliphatic hydroxyl groups is 1. The van der Waals surface area contributed by atoms with Gasteiger partial charge in [0.2, 0.25) is 0 Å². The summed E-state index contributed by atoms with van der Waals surface area (Å²) in [5.41, 5.74) is 11.7. The summed E-state index contributed by atoms with van der Waals surface area (Å²) in [7, 11) is 0. The van der Waals surface area contributed by atoms with Gasteiger partial charge >= 0.3 is 0 Å². The van der Waals surface area contributed by atoms with E-state index in [9.17, 15) is 0 Å². The Morgan fingerprint density at radius 1 is 0.357 bits per heavy atom. The molecule has 0 aliphatic heterocycles. The Morgan fingerprint density at radius 3 is 0.833 bits per heavy atom. The molecule has 240 valence electrons. The minimum absolute atomic E-state index is 0.158. The van der Waals surface area contributed by atoms with Crippen molar-refractivity contribution in [1.29, 1.82) is 0 Å². The lowest BCUT2D eigenvalue weighted by Crippen LogP contribution is -1.83. The van der Waals surface area contributed by atoms with Crippen molar-refractivity contribution in [2.45, 2.75) is 160 Å². The van der Waals surface area contributed by atoms with E-state index < -0.39 is 0 Å². The van der Waals surface area contributed by atoms with Crippen LogP contribution in [0.25, 0.3) is 0 Å².